The van der Waals surface area contributed by atoms with Gasteiger partial charge in [0.05, 0.1) is 5.39 Å². The number of nitrogens with zero attached hydrogens (tertiary/aromatic N) is 4. The van der Waals surface area contributed by atoms with Crippen LogP contribution in [0, 0.1) is 0 Å². The van der Waals surface area contributed by atoms with Crippen LogP contribution in [0.2, 0.25) is 0 Å². The lowest BCUT2D eigenvalue weighted by Crippen LogP contribution is -2.00. The molecule has 0 saturated carbocycles. The van der Waals surface area contributed by atoms with Crippen LogP contribution in [0.1, 0.15) is 0 Å². The van der Waals surface area contributed by atoms with E-state index in [0.717, 1.165) is 66.2 Å². The Labute approximate surface area is 309 Å². The minimum Gasteiger partial charge on any atom is -0.455 e. The largest absolute Gasteiger partial charge is 0.455 e. The van der Waals surface area contributed by atoms with Gasteiger partial charge in [-0.2, -0.15) is 0 Å². The van der Waals surface area contributed by atoms with E-state index in [0.29, 0.717) is 28.6 Å². The number of pyridine rings is 1. The summed E-state index contributed by atoms with van der Waals surface area (Å²) < 4.78 is 12.8. The number of hydrogen-bond donors (Lipinski definition) is 0. The molecule has 0 spiro atoms. The molecule has 0 N–H and O–H groups in total. The molecular formula is C48H28N4O2. The van der Waals surface area contributed by atoms with Crippen LogP contribution in [0.4, 0.5) is 0 Å². The fraction of sp³-hybridized carbons (Fsp3) is 0. The lowest BCUT2D eigenvalue weighted by molar-refractivity contribution is 0.667. The average molecular weight is 693 g/mol. The molecule has 11 rings (SSSR count). The van der Waals surface area contributed by atoms with Crippen LogP contribution < -0.4 is 0 Å². The van der Waals surface area contributed by atoms with Crippen LogP contribution in [0.3, 0.4) is 0 Å². The highest BCUT2D eigenvalue weighted by molar-refractivity contribution is 6.12. The van der Waals surface area contributed by atoms with E-state index in [2.05, 4.69) is 91.0 Å². The molecule has 0 radical (unpaired) electrons. The summed E-state index contributed by atoms with van der Waals surface area (Å²) >= 11 is 0. The van der Waals surface area contributed by atoms with Gasteiger partial charge in [-0.1, -0.05) is 146 Å². The van der Waals surface area contributed by atoms with Gasteiger partial charge in [0.15, 0.2) is 23.1 Å². The lowest BCUT2D eigenvalue weighted by atomic mass is 9.97. The Morgan fingerprint density at radius 2 is 0.981 bits per heavy atom. The number of hydrogen-bond acceptors (Lipinski definition) is 6. The summed E-state index contributed by atoms with van der Waals surface area (Å²) in [4.78, 5) is 20.2. The standard InChI is InChI=1S/C48H28N4O2/c1-2-12-31(13-3-1)46-50-47(32-25-23-30(24-26-32)35-17-8-14-29-11-4-5-15-34(29)35)52-48(51-46)39-20-10-22-41-43(39)44-42(53-41)27-33(28-49-44)36-18-9-19-38-37-16-6-7-21-40(37)54-45(36)38/h1-28H. The van der Waals surface area contributed by atoms with Gasteiger partial charge in [0, 0.05) is 44.8 Å². The number of para-hydroxylation sites is 2. The van der Waals surface area contributed by atoms with Gasteiger partial charge in [0.2, 0.25) is 0 Å². The first-order valence-electron chi connectivity index (χ1n) is 17.9. The molecule has 4 heterocycles. The van der Waals surface area contributed by atoms with Crippen molar-refractivity contribution in [1.29, 1.82) is 0 Å². The summed E-state index contributed by atoms with van der Waals surface area (Å²) in [5.74, 6) is 1.72. The number of fused-ring (bicyclic) bond motifs is 7. The minimum atomic E-state index is 0.545. The summed E-state index contributed by atoms with van der Waals surface area (Å²) in [7, 11) is 0. The van der Waals surface area contributed by atoms with E-state index in [1.165, 1.54) is 16.3 Å². The average Bonchev–Trinajstić information content (AvgIpc) is 3.82. The molecule has 0 aliphatic carbocycles. The van der Waals surface area contributed by atoms with Crippen LogP contribution in [0.15, 0.2) is 179 Å². The Kier molecular flexibility index (Phi) is 6.75. The molecule has 0 saturated heterocycles. The zero-order chi connectivity index (χ0) is 35.6. The Balaban J connectivity index is 1.05. The van der Waals surface area contributed by atoms with Crippen molar-refractivity contribution >= 4 is 54.8 Å². The fourth-order valence-corrected chi connectivity index (χ4v) is 7.61. The zero-order valence-electron chi connectivity index (χ0n) is 28.8. The number of furan rings is 2. The maximum atomic E-state index is 6.50. The summed E-state index contributed by atoms with van der Waals surface area (Å²) in [6.45, 7) is 0. The second kappa shape index (κ2) is 12.1. The molecule has 7 aromatic carbocycles. The quantitative estimate of drug-likeness (QED) is 0.179. The van der Waals surface area contributed by atoms with E-state index in [1.54, 1.807) is 0 Å². The van der Waals surface area contributed by atoms with Crippen LogP contribution in [0.25, 0.3) is 111 Å². The van der Waals surface area contributed by atoms with Crippen molar-refractivity contribution < 1.29 is 8.83 Å². The van der Waals surface area contributed by atoms with Gasteiger partial charge < -0.3 is 8.83 Å². The van der Waals surface area contributed by atoms with Crippen molar-refractivity contribution in [2.75, 3.05) is 0 Å². The van der Waals surface area contributed by atoms with Crippen molar-refractivity contribution in [1.82, 2.24) is 19.9 Å². The van der Waals surface area contributed by atoms with E-state index < -0.39 is 0 Å². The Morgan fingerprint density at radius 1 is 0.370 bits per heavy atom. The van der Waals surface area contributed by atoms with Gasteiger partial charge in [-0.25, -0.2) is 15.0 Å². The molecule has 54 heavy (non-hydrogen) atoms. The normalized spacial score (nSPS) is 11.7. The van der Waals surface area contributed by atoms with Gasteiger partial charge in [0.25, 0.3) is 0 Å². The Morgan fingerprint density at radius 3 is 1.85 bits per heavy atom. The molecule has 0 aliphatic heterocycles. The maximum absolute atomic E-state index is 6.50. The minimum absolute atomic E-state index is 0.545. The molecule has 0 aliphatic rings. The zero-order valence-corrected chi connectivity index (χ0v) is 28.8. The van der Waals surface area contributed by atoms with Crippen LogP contribution in [0.5, 0.6) is 0 Å². The van der Waals surface area contributed by atoms with Crippen molar-refractivity contribution in [2.24, 2.45) is 0 Å². The SMILES string of the molecule is c1ccc(-c2nc(-c3ccc(-c4cccc5ccccc45)cc3)nc(-c3cccc4oc5cc(-c6cccc7c6oc6ccccc67)cnc5c34)n2)cc1. The molecule has 6 nitrogen and oxygen atoms in total. The van der Waals surface area contributed by atoms with E-state index in [-0.39, 0.29) is 0 Å². The third-order valence-electron chi connectivity index (χ3n) is 10.2. The van der Waals surface area contributed by atoms with E-state index in [4.69, 9.17) is 28.8 Å². The topological polar surface area (TPSA) is 77.8 Å². The summed E-state index contributed by atoms with van der Waals surface area (Å²) in [5.41, 5.74) is 10.6. The van der Waals surface area contributed by atoms with Crippen LogP contribution in [-0.2, 0) is 0 Å². The summed E-state index contributed by atoms with van der Waals surface area (Å²) in [6.07, 6.45) is 1.89. The lowest BCUT2D eigenvalue weighted by Gasteiger charge is -2.10. The molecule has 0 amide bonds. The van der Waals surface area contributed by atoms with Gasteiger partial charge >= 0.3 is 0 Å². The van der Waals surface area contributed by atoms with Gasteiger partial charge in [-0.05, 0) is 40.1 Å². The predicted octanol–water partition coefficient (Wildman–Crippen LogP) is 12.6. The molecule has 6 heteroatoms. The van der Waals surface area contributed by atoms with Crippen LogP contribution in [-0.4, -0.2) is 19.9 Å². The van der Waals surface area contributed by atoms with Crippen molar-refractivity contribution in [3.8, 4) is 56.4 Å². The molecule has 252 valence electrons. The van der Waals surface area contributed by atoms with Gasteiger partial charge in [0.1, 0.15) is 22.3 Å². The molecule has 4 aromatic heterocycles. The Bertz CT molecular complexity index is 3210. The molecule has 0 fully saturated rings. The van der Waals surface area contributed by atoms with E-state index >= 15 is 0 Å². The molecule has 0 bridgehead atoms. The highest BCUT2D eigenvalue weighted by Gasteiger charge is 2.20. The molecule has 11 aromatic rings. The van der Waals surface area contributed by atoms with Crippen molar-refractivity contribution in [3.63, 3.8) is 0 Å². The van der Waals surface area contributed by atoms with Crippen molar-refractivity contribution in [3.05, 3.63) is 170 Å². The van der Waals surface area contributed by atoms with Gasteiger partial charge in [-0.3, -0.25) is 4.98 Å². The molecular weight excluding hydrogens is 665 g/mol. The number of benzene rings is 7. The fourth-order valence-electron chi connectivity index (χ4n) is 7.61. The van der Waals surface area contributed by atoms with Gasteiger partial charge in [-0.15, -0.1) is 0 Å². The second-order valence-electron chi connectivity index (χ2n) is 13.4. The smallest absolute Gasteiger partial charge is 0.164 e. The van der Waals surface area contributed by atoms with Crippen molar-refractivity contribution in [2.45, 2.75) is 0 Å². The summed E-state index contributed by atoms with van der Waals surface area (Å²) in [6, 6.07) is 55.7. The molecule has 0 unspecified atom stereocenters. The summed E-state index contributed by atoms with van der Waals surface area (Å²) in [5, 5.41) is 5.43. The highest BCUT2D eigenvalue weighted by atomic mass is 16.3. The monoisotopic (exact) mass is 692 g/mol. The second-order valence-corrected chi connectivity index (χ2v) is 13.4. The van der Waals surface area contributed by atoms with Crippen LogP contribution >= 0.6 is 0 Å². The first kappa shape index (κ1) is 30.2. The first-order chi connectivity index (χ1) is 26.7. The maximum Gasteiger partial charge on any atom is 0.164 e. The third-order valence-corrected chi connectivity index (χ3v) is 10.2. The predicted molar refractivity (Wildman–Crippen MR) is 217 cm³/mol. The highest BCUT2D eigenvalue weighted by Crippen LogP contribution is 2.40. The number of rotatable bonds is 5. The molecule has 0 atom stereocenters. The number of aromatic nitrogens is 4. The first-order valence-corrected chi connectivity index (χ1v) is 17.9. The third kappa shape index (κ3) is 4.89. The Hall–Kier alpha value is -7.44. The van der Waals surface area contributed by atoms with E-state index in [9.17, 15) is 0 Å². The van der Waals surface area contributed by atoms with E-state index in [1.807, 2.05) is 79.0 Å².